The third kappa shape index (κ3) is 3.01. The SMILES string of the molecule is CCC1CCC(C)N1C(=O)C(C#N)Cc1ccccc1. The molecule has 1 amide bonds. The van der Waals surface area contributed by atoms with Crippen LogP contribution >= 0.6 is 0 Å². The van der Waals surface area contributed by atoms with Crippen molar-refractivity contribution in [1.29, 1.82) is 5.26 Å². The molecule has 3 heteroatoms. The van der Waals surface area contributed by atoms with Gasteiger partial charge in [0.25, 0.3) is 0 Å². The van der Waals surface area contributed by atoms with Crippen molar-refractivity contribution in [3.8, 4) is 6.07 Å². The maximum Gasteiger partial charge on any atom is 0.240 e. The Bertz CT molecular complexity index is 491. The molecular weight excluding hydrogens is 248 g/mol. The van der Waals surface area contributed by atoms with E-state index >= 15 is 0 Å². The molecule has 3 nitrogen and oxygen atoms in total. The summed E-state index contributed by atoms with van der Waals surface area (Å²) < 4.78 is 0. The van der Waals surface area contributed by atoms with E-state index in [4.69, 9.17) is 0 Å². The van der Waals surface area contributed by atoms with E-state index in [1.165, 1.54) is 0 Å². The Hall–Kier alpha value is -1.82. The summed E-state index contributed by atoms with van der Waals surface area (Å²) in [5.41, 5.74) is 1.05. The van der Waals surface area contributed by atoms with Crippen molar-refractivity contribution in [2.75, 3.05) is 0 Å². The fourth-order valence-corrected chi connectivity index (χ4v) is 3.09. The lowest BCUT2D eigenvalue weighted by Gasteiger charge is -2.29. The van der Waals surface area contributed by atoms with Gasteiger partial charge in [0.15, 0.2) is 0 Å². The summed E-state index contributed by atoms with van der Waals surface area (Å²) in [5, 5.41) is 9.37. The molecular formula is C17H22N2O. The molecule has 1 saturated heterocycles. The number of benzene rings is 1. The van der Waals surface area contributed by atoms with Crippen molar-refractivity contribution in [3.63, 3.8) is 0 Å². The first-order chi connectivity index (χ1) is 9.67. The molecule has 0 N–H and O–H groups in total. The molecule has 106 valence electrons. The fourth-order valence-electron chi connectivity index (χ4n) is 3.09. The lowest BCUT2D eigenvalue weighted by Crippen LogP contribution is -2.43. The van der Waals surface area contributed by atoms with E-state index in [0.717, 1.165) is 24.8 Å². The highest BCUT2D eigenvalue weighted by Crippen LogP contribution is 2.28. The van der Waals surface area contributed by atoms with Crippen LogP contribution < -0.4 is 0 Å². The predicted molar refractivity (Wildman–Crippen MR) is 78.9 cm³/mol. The number of amides is 1. The molecule has 0 aromatic heterocycles. The number of likely N-dealkylation sites (tertiary alicyclic amines) is 1. The molecule has 1 aromatic carbocycles. The van der Waals surface area contributed by atoms with Crippen LogP contribution in [0.25, 0.3) is 0 Å². The molecule has 1 heterocycles. The van der Waals surface area contributed by atoms with Gasteiger partial charge < -0.3 is 4.90 Å². The molecule has 1 fully saturated rings. The van der Waals surface area contributed by atoms with Crippen LogP contribution in [-0.2, 0) is 11.2 Å². The summed E-state index contributed by atoms with van der Waals surface area (Å²) in [6.45, 7) is 4.20. The van der Waals surface area contributed by atoms with Gasteiger partial charge in [0.05, 0.1) is 6.07 Å². The van der Waals surface area contributed by atoms with Gasteiger partial charge in [-0.15, -0.1) is 0 Å². The van der Waals surface area contributed by atoms with Crippen LogP contribution in [0.1, 0.15) is 38.7 Å². The number of carbonyl (C=O) groups is 1. The largest absolute Gasteiger partial charge is 0.336 e. The average Bonchev–Trinajstić information content (AvgIpc) is 2.86. The van der Waals surface area contributed by atoms with Gasteiger partial charge in [-0.05, 0) is 38.2 Å². The summed E-state index contributed by atoms with van der Waals surface area (Å²) >= 11 is 0. The van der Waals surface area contributed by atoms with Crippen molar-refractivity contribution in [1.82, 2.24) is 4.90 Å². The van der Waals surface area contributed by atoms with E-state index in [1.54, 1.807) is 0 Å². The van der Waals surface area contributed by atoms with Gasteiger partial charge in [0.2, 0.25) is 5.91 Å². The summed E-state index contributed by atoms with van der Waals surface area (Å²) in [5.74, 6) is -0.555. The molecule has 0 radical (unpaired) electrons. The summed E-state index contributed by atoms with van der Waals surface area (Å²) in [6.07, 6.45) is 3.59. The number of carbonyl (C=O) groups excluding carboxylic acids is 1. The van der Waals surface area contributed by atoms with Crippen molar-refractivity contribution in [2.45, 2.75) is 51.6 Å². The van der Waals surface area contributed by atoms with Gasteiger partial charge in [-0.3, -0.25) is 4.79 Å². The molecule has 2 rings (SSSR count). The van der Waals surface area contributed by atoms with Crippen molar-refractivity contribution in [2.24, 2.45) is 5.92 Å². The maximum absolute atomic E-state index is 12.7. The Balaban J connectivity index is 2.11. The highest BCUT2D eigenvalue weighted by atomic mass is 16.2. The van der Waals surface area contributed by atoms with Gasteiger partial charge in [-0.1, -0.05) is 37.3 Å². The van der Waals surface area contributed by atoms with Crippen molar-refractivity contribution >= 4 is 5.91 Å². The minimum atomic E-state index is -0.563. The minimum Gasteiger partial charge on any atom is -0.336 e. The Morgan fingerprint density at radius 3 is 2.70 bits per heavy atom. The second-order valence-corrected chi connectivity index (χ2v) is 5.61. The Morgan fingerprint density at radius 1 is 1.40 bits per heavy atom. The lowest BCUT2D eigenvalue weighted by molar-refractivity contribution is -0.136. The van der Waals surface area contributed by atoms with Crippen LogP contribution in [-0.4, -0.2) is 22.9 Å². The van der Waals surface area contributed by atoms with Crippen molar-refractivity contribution in [3.05, 3.63) is 35.9 Å². The summed E-state index contributed by atoms with van der Waals surface area (Å²) in [7, 11) is 0. The first-order valence-electron chi connectivity index (χ1n) is 7.43. The molecule has 3 atom stereocenters. The van der Waals surface area contributed by atoms with Gasteiger partial charge in [0.1, 0.15) is 5.92 Å². The van der Waals surface area contributed by atoms with E-state index in [9.17, 15) is 10.1 Å². The zero-order valence-corrected chi connectivity index (χ0v) is 12.2. The average molecular weight is 270 g/mol. The first kappa shape index (κ1) is 14.6. The Kier molecular flexibility index (Phi) is 4.79. The van der Waals surface area contributed by atoms with Crippen LogP contribution in [0, 0.1) is 17.2 Å². The molecule has 0 saturated carbocycles. The monoisotopic (exact) mass is 270 g/mol. The minimum absolute atomic E-state index is 0.00760. The molecule has 1 aliphatic rings. The summed E-state index contributed by atoms with van der Waals surface area (Å²) in [6, 6.07) is 12.6. The molecule has 0 aliphatic carbocycles. The van der Waals surface area contributed by atoms with E-state index < -0.39 is 5.92 Å². The van der Waals surface area contributed by atoms with Crippen LogP contribution in [0.2, 0.25) is 0 Å². The van der Waals surface area contributed by atoms with Gasteiger partial charge >= 0.3 is 0 Å². The molecule has 0 spiro atoms. The third-order valence-corrected chi connectivity index (χ3v) is 4.25. The van der Waals surface area contributed by atoms with Gasteiger partial charge in [0, 0.05) is 12.1 Å². The predicted octanol–water partition coefficient (Wildman–Crippen LogP) is 3.16. The van der Waals surface area contributed by atoms with E-state index in [1.807, 2.05) is 35.2 Å². The number of nitrogens with zero attached hydrogens (tertiary/aromatic N) is 2. The molecule has 20 heavy (non-hydrogen) atoms. The van der Waals surface area contributed by atoms with E-state index in [-0.39, 0.29) is 11.9 Å². The molecule has 0 bridgehead atoms. The third-order valence-electron chi connectivity index (χ3n) is 4.25. The normalized spacial score (nSPS) is 23.4. The van der Waals surface area contributed by atoms with Gasteiger partial charge in [-0.2, -0.15) is 5.26 Å². The maximum atomic E-state index is 12.7. The fraction of sp³-hybridized carbons (Fsp3) is 0.529. The smallest absolute Gasteiger partial charge is 0.240 e. The number of hydrogen-bond donors (Lipinski definition) is 0. The standard InChI is InChI=1S/C17H22N2O/c1-3-16-10-9-13(2)19(16)17(20)15(12-18)11-14-7-5-4-6-8-14/h4-8,13,15-16H,3,9-11H2,1-2H3. The zero-order chi connectivity index (χ0) is 14.5. The zero-order valence-electron chi connectivity index (χ0n) is 12.2. The quantitative estimate of drug-likeness (QED) is 0.843. The molecule has 1 aliphatic heterocycles. The molecule has 3 unspecified atom stereocenters. The Labute approximate surface area is 121 Å². The van der Waals surface area contributed by atoms with Crippen LogP contribution in [0.3, 0.4) is 0 Å². The van der Waals surface area contributed by atoms with Gasteiger partial charge in [-0.25, -0.2) is 0 Å². The number of rotatable bonds is 4. The second-order valence-electron chi connectivity index (χ2n) is 5.61. The van der Waals surface area contributed by atoms with Crippen LogP contribution in [0.4, 0.5) is 0 Å². The number of nitriles is 1. The number of hydrogen-bond acceptors (Lipinski definition) is 2. The van der Waals surface area contributed by atoms with Crippen LogP contribution in [0.5, 0.6) is 0 Å². The first-order valence-corrected chi connectivity index (χ1v) is 7.43. The lowest BCUT2D eigenvalue weighted by atomic mass is 9.98. The van der Waals surface area contributed by atoms with E-state index in [0.29, 0.717) is 12.5 Å². The highest BCUT2D eigenvalue weighted by molar-refractivity contribution is 5.82. The second kappa shape index (κ2) is 6.56. The highest BCUT2D eigenvalue weighted by Gasteiger charge is 2.36. The van der Waals surface area contributed by atoms with E-state index in [2.05, 4.69) is 19.9 Å². The Morgan fingerprint density at radius 2 is 2.10 bits per heavy atom. The van der Waals surface area contributed by atoms with Crippen molar-refractivity contribution < 1.29 is 4.79 Å². The summed E-state index contributed by atoms with van der Waals surface area (Å²) in [4.78, 5) is 14.6. The topological polar surface area (TPSA) is 44.1 Å². The molecule has 1 aromatic rings. The van der Waals surface area contributed by atoms with Crippen LogP contribution in [0.15, 0.2) is 30.3 Å².